The van der Waals surface area contributed by atoms with E-state index in [2.05, 4.69) is 5.32 Å². The van der Waals surface area contributed by atoms with Crippen molar-refractivity contribution in [1.29, 1.82) is 0 Å². The van der Waals surface area contributed by atoms with Crippen LogP contribution in [-0.2, 0) is 14.6 Å². The van der Waals surface area contributed by atoms with Crippen LogP contribution in [0, 0.1) is 17.8 Å². The summed E-state index contributed by atoms with van der Waals surface area (Å²) in [5.74, 6) is 1.25. The first-order valence-electron chi connectivity index (χ1n) is 8.30. The molecule has 2 saturated carbocycles. The Bertz CT molecular complexity index is 717. The molecule has 0 saturated heterocycles. The van der Waals surface area contributed by atoms with Crippen molar-refractivity contribution in [3.63, 3.8) is 0 Å². The second kappa shape index (κ2) is 6.72. The van der Waals surface area contributed by atoms with E-state index in [0.717, 1.165) is 19.3 Å². The van der Waals surface area contributed by atoms with Crippen LogP contribution in [-0.4, -0.2) is 39.0 Å². The average Bonchev–Trinajstić information content (AvgIpc) is 3.07. The topological polar surface area (TPSA) is 98.5 Å². The molecule has 2 aliphatic carbocycles. The third-order valence-electron chi connectivity index (χ3n) is 5.11. The molecule has 0 aromatic heterocycles. The number of hydrogen-bond acceptors (Lipinski definition) is 5. The molecule has 132 valence electrons. The summed E-state index contributed by atoms with van der Waals surface area (Å²) in [6.07, 6.45) is 4.46. The Morgan fingerprint density at radius 1 is 1.33 bits per heavy atom. The summed E-state index contributed by atoms with van der Waals surface area (Å²) in [6.45, 7) is 0.0908. The van der Waals surface area contributed by atoms with Crippen molar-refractivity contribution in [3.8, 4) is 5.75 Å². The first-order valence-corrected chi connectivity index (χ1v) is 10.4. The smallest absolute Gasteiger partial charge is 0.229 e. The highest BCUT2D eigenvalue weighted by molar-refractivity contribution is 7.90. The fourth-order valence-electron chi connectivity index (χ4n) is 3.92. The molecule has 1 amide bonds. The zero-order valence-electron chi connectivity index (χ0n) is 13.8. The Morgan fingerprint density at radius 3 is 2.75 bits per heavy atom. The number of benzene rings is 1. The van der Waals surface area contributed by atoms with Crippen molar-refractivity contribution in [1.82, 2.24) is 0 Å². The predicted octanol–water partition coefficient (Wildman–Crippen LogP) is 1.42. The highest BCUT2D eigenvalue weighted by atomic mass is 32.2. The van der Waals surface area contributed by atoms with Crippen LogP contribution in [0.25, 0.3) is 0 Å². The Kier molecular flexibility index (Phi) is 4.83. The van der Waals surface area contributed by atoms with Crippen molar-refractivity contribution in [2.45, 2.75) is 25.3 Å². The largest absolute Gasteiger partial charge is 0.492 e. The summed E-state index contributed by atoms with van der Waals surface area (Å²) in [5, 5.41) is 2.93. The van der Waals surface area contributed by atoms with Gasteiger partial charge in [-0.2, -0.15) is 0 Å². The molecule has 3 N–H and O–H groups in total. The number of sulfone groups is 1. The molecule has 2 bridgehead atoms. The Morgan fingerprint density at radius 2 is 2.08 bits per heavy atom. The summed E-state index contributed by atoms with van der Waals surface area (Å²) in [4.78, 5) is 12.6. The monoisotopic (exact) mass is 352 g/mol. The summed E-state index contributed by atoms with van der Waals surface area (Å²) in [7, 11) is -3.05. The van der Waals surface area contributed by atoms with Crippen LogP contribution in [0.5, 0.6) is 5.75 Å². The number of carbonyl (C=O) groups excluding carboxylic acids is 1. The second-order valence-corrected chi connectivity index (χ2v) is 9.19. The van der Waals surface area contributed by atoms with Gasteiger partial charge >= 0.3 is 0 Å². The molecule has 1 aromatic rings. The zero-order chi connectivity index (χ0) is 17.3. The van der Waals surface area contributed by atoms with Gasteiger partial charge in [-0.1, -0.05) is 6.07 Å². The molecule has 6 nitrogen and oxygen atoms in total. The maximum Gasteiger partial charge on any atom is 0.229 e. The summed E-state index contributed by atoms with van der Waals surface area (Å²) in [5.41, 5.74) is 6.86. The number of nitrogens with two attached hydrogens (primary N) is 1. The van der Waals surface area contributed by atoms with Crippen molar-refractivity contribution in [2.75, 3.05) is 23.9 Å². The van der Waals surface area contributed by atoms with Gasteiger partial charge in [-0.25, -0.2) is 8.42 Å². The minimum atomic E-state index is -3.05. The van der Waals surface area contributed by atoms with E-state index >= 15 is 0 Å². The highest BCUT2D eigenvalue weighted by Gasteiger charge is 2.49. The van der Waals surface area contributed by atoms with Gasteiger partial charge in [-0.3, -0.25) is 4.79 Å². The van der Waals surface area contributed by atoms with E-state index in [1.54, 1.807) is 24.3 Å². The van der Waals surface area contributed by atoms with Gasteiger partial charge in [0.2, 0.25) is 5.91 Å². The second-order valence-electron chi connectivity index (χ2n) is 6.93. The third kappa shape index (κ3) is 3.89. The van der Waals surface area contributed by atoms with Crippen molar-refractivity contribution in [3.05, 3.63) is 24.3 Å². The number of rotatable bonds is 6. The van der Waals surface area contributed by atoms with E-state index in [9.17, 15) is 13.2 Å². The standard InChI is InChI=1S/C17H24N2O4S/c1-24(21,22)8-7-23-14-4-2-3-13(10-14)19-17(20)15-11-5-6-12(9-11)16(15)18/h2-4,10-12,15-16H,5-9,18H2,1H3,(H,19,20). The van der Waals surface area contributed by atoms with Crippen LogP contribution in [0.2, 0.25) is 0 Å². The van der Waals surface area contributed by atoms with Gasteiger partial charge in [0.05, 0.1) is 11.7 Å². The fourth-order valence-corrected chi connectivity index (χ4v) is 4.31. The Balaban J connectivity index is 1.59. The normalized spacial score (nSPS) is 28.8. The SMILES string of the molecule is CS(=O)(=O)CCOc1cccc(NC(=O)C2C3CCC(C3)C2N)c1. The van der Waals surface area contributed by atoms with E-state index < -0.39 is 9.84 Å². The summed E-state index contributed by atoms with van der Waals surface area (Å²) < 4.78 is 27.7. The van der Waals surface area contributed by atoms with Crippen molar-refractivity contribution < 1.29 is 17.9 Å². The molecule has 0 radical (unpaired) electrons. The Hall–Kier alpha value is -1.60. The van der Waals surface area contributed by atoms with E-state index in [0.29, 0.717) is 23.3 Å². The van der Waals surface area contributed by atoms with Crippen LogP contribution in [0.15, 0.2) is 24.3 Å². The molecule has 2 fully saturated rings. The quantitative estimate of drug-likeness (QED) is 0.807. The van der Waals surface area contributed by atoms with Crippen LogP contribution in [0.4, 0.5) is 5.69 Å². The molecular weight excluding hydrogens is 328 g/mol. The third-order valence-corrected chi connectivity index (χ3v) is 6.02. The molecule has 2 aliphatic rings. The van der Waals surface area contributed by atoms with E-state index in [1.165, 1.54) is 6.26 Å². The maximum atomic E-state index is 12.6. The van der Waals surface area contributed by atoms with Crippen LogP contribution in [0.3, 0.4) is 0 Å². The summed E-state index contributed by atoms with van der Waals surface area (Å²) >= 11 is 0. The lowest BCUT2D eigenvalue weighted by Gasteiger charge is -2.27. The number of carbonyl (C=O) groups is 1. The van der Waals surface area contributed by atoms with Crippen LogP contribution >= 0.6 is 0 Å². The molecule has 0 aliphatic heterocycles. The van der Waals surface area contributed by atoms with E-state index in [4.69, 9.17) is 10.5 Å². The number of ether oxygens (including phenoxy) is 1. The number of fused-ring (bicyclic) bond motifs is 2. The molecule has 7 heteroatoms. The van der Waals surface area contributed by atoms with Gasteiger partial charge in [0.15, 0.2) is 9.84 Å². The molecular formula is C17H24N2O4S. The fraction of sp³-hybridized carbons (Fsp3) is 0.588. The minimum absolute atomic E-state index is 0.0250. The maximum absolute atomic E-state index is 12.6. The van der Waals surface area contributed by atoms with Crippen molar-refractivity contribution in [2.24, 2.45) is 23.5 Å². The average molecular weight is 352 g/mol. The number of nitrogens with one attached hydrogen (secondary N) is 1. The molecule has 4 atom stereocenters. The number of anilines is 1. The molecule has 3 rings (SSSR count). The van der Waals surface area contributed by atoms with E-state index in [1.807, 2.05) is 0 Å². The lowest BCUT2D eigenvalue weighted by molar-refractivity contribution is -0.121. The Labute approximate surface area is 142 Å². The van der Waals surface area contributed by atoms with Gasteiger partial charge in [0.1, 0.15) is 12.4 Å². The predicted molar refractivity (Wildman–Crippen MR) is 92.6 cm³/mol. The molecule has 4 unspecified atom stereocenters. The zero-order valence-corrected chi connectivity index (χ0v) is 14.6. The molecule has 1 aromatic carbocycles. The minimum Gasteiger partial charge on any atom is -0.492 e. The van der Waals surface area contributed by atoms with Crippen LogP contribution < -0.4 is 15.8 Å². The van der Waals surface area contributed by atoms with Crippen molar-refractivity contribution >= 4 is 21.4 Å². The van der Waals surface area contributed by atoms with E-state index in [-0.39, 0.29) is 30.2 Å². The lowest BCUT2D eigenvalue weighted by Crippen LogP contribution is -2.42. The van der Waals surface area contributed by atoms with Crippen LogP contribution in [0.1, 0.15) is 19.3 Å². The first kappa shape index (κ1) is 17.2. The van der Waals surface area contributed by atoms with Gasteiger partial charge in [0.25, 0.3) is 0 Å². The lowest BCUT2D eigenvalue weighted by atomic mass is 9.84. The molecule has 24 heavy (non-hydrogen) atoms. The highest BCUT2D eigenvalue weighted by Crippen LogP contribution is 2.47. The van der Waals surface area contributed by atoms with Gasteiger partial charge in [0, 0.05) is 24.1 Å². The van der Waals surface area contributed by atoms with Gasteiger partial charge in [-0.15, -0.1) is 0 Å². The first-order chi connectivity index (χ1) is 11.3. The van der Waals surface area contributed by atoms with Gasteiger partial charge in [-0.05, 0) is 43.2 Å². The van der Waals surface area contributed by atoms with Gasteiger partial charge < -0.3 is 15.8 Å². The number of amides is 1. The molecule has 0 spiro atoms. The number of hydrogen-bond donors (Lipinski definition) is 2. The molecule has 0 heterocycles. The summed E-state index contributed by atoms with van der Waals surface area (Å²) in [6, 6.07) is 6.96.